The second-order valence-electron chi connectivity index (χ2n) is 8.29. The fraction of sp³-hybridized carbons (Fsp3) is 0.200. The molecule has 2 aromatic carbocycles. The maximum atomic E-state index is 13.1. The number of aromatic amines is 1. The van der Waals surface area contributed by atoms with Crippen LogP contribution in [0.25, 0.3) is 22.2 Å². The normalized spacial score (nSPS) is 18.8. The molecule has 166 valence electrons. The molecular weight excluding hydrogens is 438 g/mol. The van der Waals surface area contributed by atoms with Crippen LogP contribution in [0.1, 0.15) is 30.7 Å². The average molecular weight is 460 g/mol. The highest BCUT2D eigenvalue weighted by atomic mass is 32.2. The number of Topliss-reactive ketones (excluding diaryl/α,β-unsaturated/α-hetero) is 1. The van der Waals surface area contributed by atoms with Crippen LogP contribution in [0.5, 0.6) is 0 Å². The number of sulfone groups is 1. The zero-order chi connectivity index (χ0) is 23.3. The predicted octanol–water partition coefficient (Wildman–Crippen LogP) is 4.05. The van der Waals surface area contributed by atoms with Crippen LogP contribution in [0.3, 0.4) is 0 Å². The van der Waals surface area contributed by atoms with Crippen LogP contribution in [0.15, 0.2) is 76.2 Å². The summed E-state index contributed by atoms with van der Waals surface area (Å²) in [6.45, 7) is 0. The largest absolute Gasteiger partial charge is 0.444 e. The van der Waals surface area contributed by atoms with E-state index in [1.165, 1.54) is 0 Å². The number of nitrogens with one attached hydrogen (secondary N) is 1. The minimum absolute atomic E-state index is 0.0135. The fourth-order valence-corrected chi connectivity index (χ4v) is 5.34. The molecule has 0 amide bonds. The summed E-state index contributed by atoms with van der Waals surface area (Å²) in [6.07, 6.45) is 2.80. The summed E-state index contributed by atoms with van der Waals surface area (Å²) in [5.74, 6) is -0.187. The number of nitrogens with two attached hydrogens (primary N) is 1. The van der Waals surface area contributed by atoms with E-state index < -0.39 is 15.8 Å². The molecular formula is C25H21N3O4S. The number of carbonyl (C=O) groups excluding carboxylic acids is 1. The lowest BCUT2D eigenvalue weighted by Crippen LogP contribution is -2.27. The second-order valence-corrected chi connectivity index (χ2v) is 10.3. The van der Waals surface area contributed by atoms with Crippen LogP contribution >= 0.6 is 0 Å². The Morgan fingerprint density at radius 3 is 2.55 bits per heavy atom. The maximum Gasteiger partial charge on any atom is 0.205 e. The molecule has 1 aliphatic carbocycles. The molecule has 1 atom stereocenters. The Hall–Kier alpha value is -3.83. The first-order valence-electron chi connectivity index (χ1n) is 10.5. The lowest BCUT2D eigenvalue weighted by atomic mass is 9.76. The van der Waals surface area contributed by atoms with Crippen molar-refractivity contribution in [2.45, 2.75) is 30.1 Å². The van der Waals surface area contributed by atoms with Crippen LogP contribution in [0, 0.1) is 11.3 Å². The van der Waals surface area contributed by atoms with Crippen LogP contribution in [-0.4, -0.2) is 25.4 Å². The summed E-state index contributed by atoms with van der Waals surface area (Å²) in [6, 6.07) is 16.4. The summed E-state index contributed by atoms with van der Waals surface area (Å²) < 4.78 is 29.6. The molecule has 2 aliphatic rings. The van der Waals surface area contributed by atoms with Crippen molar-refractivity contribution in [3.63, 3.8) is 0 Å². The van der Waals surface area contributed by atoms with E-state index in [9.17, 15) is 18.5 Å². The van der Waals surface area contributed by atoms with Crippen molar-refractivity contribution in [3.8, 4) is 17.3 Å². The van der Waals surface area contributed by atoms with Gasteiger partial charge in [-0.05, 0) is 35.7 Å². The van der Waals surface area contributed by atoms with Gasteiger partial charge in [-0.25, -0.2) is 8.42 Å². The van der Waals surface area contributed by atoms with Gasteiger partial charge >= 0.3 is 0 Å². The van der Waals surface area contributed by atoms with Gasteiger partial charge in [0.1, 0.15) is 17.4 Å². The number of H-pyrrole nitrogens is 1. The highest BCUT2D eigenvalue weighted by molar-refractivity contribution is 7.90. The molecule has 0 radical (unpaired) electrons. The van der Waals surface area contributed by atoms with Crippen molar-refractivity contribution in [1.29, 1.82) is 5.26 Å². The van der Waals surface area contributed by atoms with E-state index in [0.29, 0.717) is 36.3 Å². The molecule has 0 saturated carbocycles. The number of allylic oxidation sites excluding steroid dienone is 3. The molecule has 1 aliphatic heterocycles. The van der Waals surface area contributed by atoms with Crippen molar-refractivity contribution in [2.75, 3.05) is 6.26 Å². The van der Waals surface area contributed by atoms with Crippen LogP contribution in [0.2, 0.25) is 0 Å². The van der Waals surface area contributed by atoms with Crippen molar-refractivity contribution in [3.05, 3.63) is 76.9 Å². The minimum atomic E-state index is -3.35. The minimum Gasteiger partial charge on any atom is -0.444 e. The summed E-state index contributed by atoms with van der Waals surface area (Å²) in [5, 5.41) is 10.8. The number of rotatable bonds is 3. The third kappa shape index (κ3) is 3.41. The van der Waals surface area contributed by atoms with E-state index in [0.717, 1.165) is 28.3 Å². The van der Waals surface area contributed by atoms with Gasteiger partial charge in [-0.15, -0.1) is 0 Å². The first-order chi connectivity index (χ1) is 15.8. The number of para-hydroxylation sites is 1. The smallest absolute Gasteiger partial charge is 0.205 e. The number of ketones is 1. The molecule has 1 unspecified atom stereocenters. The lowest BCUT2D eigenvalue weighted by molar-refractivity contribution is -0.116. The number of hydrogen-bond donors (Lipinski definition) is 2. The van der Waals surface area contributed by atoms with Gasteiger partial charge in [0.15, 0.2) is 15.6 Å². The second kappa shape index (κ2) is 7.64. The lowest BCUT2D eigenvalue weighted by Gasteiger charge is -2.31. The molecule has 1 aromatic heterocycles. The van der Waals surface area contributed by atoms with Crippen molar-refractivity contribution >= 4 is 26.5 Å². The fourth-order valence-electron chi connectivity index (χ4n) is 4.70. The standard InChI is InChI=1S/C25H21N3O4S/c1-33(30,31)15-11-9-14(10-12-15)24-22(16-5-2-3-6-18(16)28-24)21-17(13-26)25(27)32-20-8-4-7-19(29)23(20)21/h2-3,5-6,9-12,21,28H,4,7-8,27H2,1H3. The van der Waals surface area contributed by atoms with E-state index in [-0.39, 0.29) is 22.1 Å². The van der Waals surface area contributed by atoms with E-state index in [1.807, 2.05) is 24.3 Å². The number of hydrogen-bond acceptors (Lipinski definition) is 6. The van der Waals surface area contributed by atoms with Crippen molar-refractivity contribution in [1.82, 2.24) is 4.98 Å². The van der Waals surface area contributed by atoms with Crippen molar-refractivity contribution < 1.29 is 17.9 Å². The quantitative estimate of drug-likeness (QED) is 0.608. The van der Waals surface area contributed by atoms with Crippen LogP contribution in [0.4, 0.5) is 0 Å². The van der Waals surface area contributed by atoms with Gasteiger partial charge in [0.05, 0.1) is 16.5 Å². The summed E-state index contributed by atoms with van der Waals surface area (Å²) >= 11 is 0. The Kier molecular flexibility index (Phi) is 4.87. The Labute approximate surface area is 191 Å². The van der Waals surface area contributed by atoms with Gasteiger partial charge < -0.3 is 15.5 Å². The maximum absolute atomic E-state index is 13.1. The van der Waals surface area contributed by atoms with Gasteiger partial charge in [0.2, 0.25) is 5.88 Å². The number of nitrogens with zero attached hydrogens (tertiary/aromatic N) is 1. The number of aromatic nitrogens is 1. The van der Waals surface area contributed by atoms with Gasteiger partial charge in [-0.2, -0.15) is 5.26 Å². The van der Waals surface area contributed by atoms with Crippen LogP contribution in [-0.2, 0) is 19.4 Å². The van der Waals surface area contributed by atoms with E-state index >= 15 is 0 Å². The Bertz CT molecular complexity index is 1520. The Balaban J connectivity index is 1.80. The van der Waals surface area contributed by atoms with Gasteiger partial charge in [-0.3, -0.25) is 4.79 Å². The number of benzene rings is 2. The zero-order valence-electron chi connectivity index (χ0n) is 17.9. The molecule has 0 bridgehead atoms. The summed E-state index contributed by atoms with van der Waals surface area (Å²) in [4.78, 5) is 16.7. The van der Waals surface area contributed by atoms with Crippen molar-refractivity contribution in [2.24, 2.45) is 5.73 Å². The molecule has 3 aromatic rings. The molecule has 7 nitrogen and oxygen atoms in total. The molecule has 8 heteroatoms. The van der Waals surface area contributed by atoms with E-state index in [4.69, 9.17) is 10.5 Å². The molecule has 3 N–H and O–H groups in total. The third-order valence-corrected chi connectivity index (χ3v) is 7.34. The molecule has 33 heavy (non-hydrogen) atoms. The van der Waals surface area contributed by atoms with Gasteiger partial charge in [0.25, 0.3) is 0 Å². The highest BCUT2D eigenvalue weighted by Crippen LogP contribution is 2.48. The van der Waals surface area contributed by atoms with Crippen LogP contribution < -0.4 is 5.73 Å². The Morgan fingerprint density at radius 1 is 1.12 bits per heavy atom. The van der Waals surface area contributed by atoms with E-state index in [2.05, 4.69) is 11.1 Å². The average Bonchev–Trinajstić information content (AvgIpc) is 3.17. The third-order valence-electron chi connectivity index (χ3n) is 6.21. The monoisotopic (exact) mass is 459 g/mol. The number of ether oxygens (including phenoxy) is 1. The number of fused-ring (bicyclic) bond motifs is 1. The summed E-state index contributed by atoms with van der Waals surface area (Å²) in [7, 11) is -3.35. The topological polar surface area (TPSA) is 126 Å². The molecule has 0 saturated heterocycles. The molecule has 0 fully saturated rings. The molecule has 0 spiro atoms. The van der Waals surface area contributed by atoms with Gasteiger partial charge in [0, 0.05) is 35.6 Å². The predicted molar refractivity (Wildman–Crippen MR) is 123 cm³/mol. The Morgan fingerprint density at radius 2 is 1.85 bits per heavy atom. The number of nitriles is 1. The zero-order valence-corrected chi connectivity index (χ0v) is 18.7. The highest BCUT2D eigenvalue weighted by Gasteiger charge is 2.40. The molecule has 5 rings (SSSR count). The van der Waals surface area contributed by atoms with Gasteiger partial charge in [-0.1, -0.05) is 30.3 Å². The summed E-state index contributed by atoms with van der Waals surface area (Å²) in [5.41, 5.74) is 9.85. The number of carbonyl (C=O) groups is 1. The first kappa shape index (κ1) is 21.0. The van der Waals surface area contributed by atoms with E-state index in [1.54, 1.807) is 24.3 Å². The SMILES string of the molecule is CS(=O)(=O)c1ccc(-c2[nH]c3ccccc3c2C2C(C#N)=C(N)OC3=C2C(=O)CCC3)cc1. The first-order valence-corrected chi connectivity index (χ1v) is 12.4. The molecule has 2 heterocycles.